The molecule has 1 N–H and O–H groups in total. The van der Waals surface area contributed by atoms with Crippen molar-refractivity contribution >= 4 is 16.8 Å². The molecule has 7 heteroatoms. The highest BCUT2D eigenvalue weighted by atomic mass is 16.2. The summed E-state index contributed by atoms with van der Waals surface area (Å²) in [6.45, 7) is 3.32. The van der Waals surface area contributed by atoms with Crippen LogP contribution >= 0.6 is 0 Å². The Balaban J connectivity index is 1.60. The predicted molar refractivity (Wildman–Crippen MR) is 112 cm³/mol. The van der Waals surface area contributed by atoms with Crippen LogP contribution in [0, 0.1) is 0 Å². The van der Waals surface area contributed by atoms with E-state index in [0.717, 1.165) is 18.7 Å². The molecule has 2 heterocycles. The molecule has 7 nitrogen and oxygen atoms in total. The quantitative estimate of drug-likeness (QED) is 0.726. The number of carbonyl (C=O) groups excluding carboxylic acids is 1. The Morgan fingerprint density at radius 2 is 1.72 bits per heavy atom. The van der Waals surface area contributed by atoms with Crippen molar-refractivity contribution in [2.45, 2.75) is 13.0 Å². The highest BCUT2D eigenvalue weighted by Gasteiger charge is 2.21. The van der Waals surface area contributed by atoms with E-state index in [0.29, 0.717) is 42.5 Å². The molecule has 150 valence electrons. The van der Waals surface area contributed by atoms with Gasteiger partial charge in [0, 0.05) is 38.3 Å². The molecule has 0 atom stereocenters. The van der Waals surface area contributed by atoms with Crippen LogP contribution in [0.1, 0.15) is 15.9 Å². The van der Waals surface area contributed by atoms with E-state index >= 15 is 0 Å². The van der Waals surface area contributed by atoms with Gasteiger partial charge in [-0.15, -0.1) is 0 Å². The number of hydrogen-bond acceptors (Lipinski definition) is 4. The maximum absolute atomic E-state index is 12.8. The van der Waals surface area contributed by atoms with Crippen molar-refractivity contribution < 1.29 is 4.79 Å². The predicted octanol–water partition coefficient (Wildman–Crippen LogP) is 1.32. The summed E-state index contributed by atoms with van der Waals surface area (Å²) in [6, 6.07) is 14.6. The van der Waals surface area contributed by atoms with E-state index in [1.165, 1.54) is 4.57 Å². The third-order valence-corrected chi connectivity index (χ3v) is 5.49. The van der Waals surface area contributed by atoms with E-state index in [-0.39, 0.29) is 11.5 Å². The molecular formula is C22H24N4O3. The zero-order valence-corrected chi connectivity index (χ0v) is 16.4. The van der Waals surface area contributed by atoms with E-state index in [4.69, 9.17) is 0 Å². The van der Waals surface area contributed by atoms with Gasteiger partial charge >= 0.3 is 5.69 Å². The molecule has 4 rings (SSSR count). The van der Waals surface area contributed by atoms with Crippen LogP contribution in [0.2, 0.25) is 0 Å². The van der Waals surface area contributed by atoms with E-state index in [2.05, 4.69) is 9.88 Å². The average molecular weight is 392 g/mol. The SMILES string of the molecule is CN1CCN(C(=O)c2ccc3c(=O)n(CCc4ccccc4)c(=O)[nH]c3c2)CC1. The lowest BCUT2D eigenvalue weighted by Gasteiger charge is -2.32. The van der Waals surface area contributed by atoms with Gasteiger partial charge in [-0.3, -0.25) is 14.2 Å². The molecular weight excluding hydrogens is 368 g/mol. The first-order chi connectivity index (χ1) is 14.0. The number of aromatic nitrogens is 2. The number of benzene rings is 2. The molecule has 0 aliphatic carbocycles. The van der Waals surface area contributed by atoms with Crippen LogP contribution in [-0.4, -0.2) is 58.5 Å². The fourth-order valence-electron chi connectivity index (χ4n) is 3.67. The number of nitrogens with one attached hydrogen (secondary N) is 1. The summed E-state index contributed by atoms with van der Waals surface area (Å²) in [6.07, 6.45) is 0.593. The number of likely N-dealkylation sites (N-methyl/N-ethyl adjacent to an activating group) is 1. The number of piperazine rings is 1. The van der Waals surface area contributed by atoms with Gasteiger partial charge < -0.3 is 14.8 Å². The lowest BCUT2D eigenvalue weighted by molar-refractivity contribution is 0.0664. The summed E-state index contributed by atoms with van der Waals surface area (Å²) in [5.74, 6) is -0.0749. The molecule has 2 aromatic carbocycles. The molecule has 1 aromatic heterocycles. The largest absolute Gasteiger partial charge is 0.336 e. The van der Waals surface area contributed by atoms with Gasteiger partial charge in [0.2, 0.25) is 0 Å². The van der Waals surface area contributed by atoms with Gasteiger partial charge in [0.15, 0.2) is 0 Å². The number of amides is 1. The molecule has 0 saturated carbocycles. The Bertz CT molecular complexity index is 1140. The molecule has 0 spiro atoms. The Labute approximate surface area is 168 Å². The third-order valence-electron chi connectivity index (χ3n) is 5.49. The second-order valence-corrected chi connectivity index (χ2v) is 7.48. The van der Waals surface area contributed by atoms with Crippen LogP contribution in [0.25, 0.3) is 10.9 Å². The van der Waals surface area contributed by atoms with Crippen molar-refractivity contribution in [3.05, 3.63) is 80.5 Å². The Hall–Kier alpha value is -3.19. The first kappa shape index (κ1) is 19.1. The molecule has 1 amide bonds. The zero-order chi connectivity index (χ0) is 20.4. The topological polar surface area (TPSA) is 78.4 Å². The second-order valence-electron chi connectivity index (χ2n) is 7.48. The minimum absolute atomic E-state index is 0.0749. The van der Waals surface area contributed by atoms with Crippen molar-refractivity contribution in [3.8, 4) is 0 Å². The number of aryl methyl sites for hydroxylation is 1. The van der Waals surface area contributed by atoms with Gasteiger partial charge in [-0.1, -0.05) is 30.3 Å². The average Bonchev–Trinajstić information content (AvgIpc) is 2.74. The Morgan fingerprint density at radius 1 is 1.00 bits per heavy atom. The fourth-order valence-corrected chi connectivity index (χ4v) is 3.67. The van der Waals surface area contributed by atoms with Gasteiger partial charge in [-0.2, -0.15) is 0 Å². The van der Waals surface area contributed by atoms with Crippen molar-refractivity contribution in [1.82, 2.24) is 19.4 Å². The summed E-state index contributed by atoms with van der Waals surface area (Å²) < 4.78 is 1.22. The van der Waals surface area contributed by atoms with Crippen LogP contribution in [0.15, 0.2) is 58.1 Å². The zero-order valence-electron chi connectivity index (χ0n) is 16.4. The minimum Gasteiger partial charge on any atom is -0.336 e. The van der Waals surface area contributed by atoms with Gasteiger partial charge in [0.1, 0.15) is 0 Å². The monoisotopic (exact) mass is 392 g/mol. The van der Waals surface area contributed by atoms with Gasteiger partial charge in [-0.25, -0.2) is 4.79 Å². The summed E-state index contributed by atoms with van der Waals surface area (Å²) in [4.78, 5) is 44.9. The summed E-state index contributed by atoms with van der Waals surface area (Å²) in [7, 11) is 2.03. The smallest absolute Gasteiger partial charge is 0.328 e. The van der Waals surface area contributed by atoms with Gasteiger partial charge in [0.25, 0.3) is 11.5 Å². The summed E-state index contributed by atoms with van der Waals surface area (Å²) in [5, 5.41) is 0.410. The van der Waals surface area contributed by atoms with Crippen molar-refractivity contribution in [2.75, 3.05) is 33.2 Å². The van der Waals surface area contributed by atoms with E-state index in [9.17, 15) is 14.4 Å². The number of H-pyrrole nitrogens is 1. The molecule has 1 saturated heterocycles. The van der Waals surface area contributed by atoms with Crippen molar-refractivity contribution in [3.63, 3.8) is 0 Å². The van der Waals surface area contributed by atoms with E-state index < -0.39 is 5.69 Å². The first-order valence-electron chi connectivity index (χ1n) is 9.81. The van der Waals surface area contributed by atoms with Gasteiger partial charge in [0.05, 0.1) is 10.9 Å². The molecule has 0 unspecified atom stereocenters. The summed E-state index contributed by atoms with van der Waals surface area (Å²) in [5.41, 5.74) is 1.16. The number of fused-ring (bicyclic) bond motifs is 1. The van der Waals surface area contributed by atoms with Crippen LogP contribution in [0.3, 0.4) is 0 Å². The van der Waals surface area contributed by atoms with E-state index in [1.807, 2.05) is 37.4 Å². The third kappa shape index (κ3) is 4.00. The molecule has 1 aliphatic rings. The lowest BCUT2D eigenvalue weighted by atomic mass is 10.1. The number of hydrogen-bond donors (Lipinski definition) is 1. The maximum Gasteiger partial charge on any atom is 0.328 e. The molecule has 0 bridgehead atoms. The molecule has 1 fully saturated rings. The number of nitrogens with zero attached hydrogens (tertiary/aromatic N) is 3. The standard InChI is InChI=1S/C22H24N4O3/c1-24-11-13-25(14-12-24)20(27)17-7-8-18-19(15-17)23-22(29)26(21(18)28)10-9-16-5-3-2-4-6-16/h2-8,15H,9-14H2,1H3,(H,23,29). The van der Waals surface area contributed by atoms with Crippen LogP contribution < -0.4 is 11.2 Å². The normalized spacial score (nSPS) is 15.0. The van der Waals surface area contributed by atoms with Gasteiger partial charge in [-0.05, 0) is 37.2 Å². The molecule has 0 radical (unpaired) electrons. The summed E-state index contributed by atoms with van der Waals surface area (Å²) >= 11 is 0. The molecule has 29 heavy (non-hydrogen) atoms. The second kappa shape index (κ2) is 8.05. The van der Waals surface area contributed by atoms with Crippen LogP contribution in [0.5, 0.6) is 0 Å². The fraction of sp³-hybridized carbons (Fsp3) is 0.318. The Kier molecular flexibility index (Phi) is 5.31. The van der Waals surface area contributed by atoms with Crippen LogP contribution in [-0.2, 0) is 13.0 Å². The maximum atomic E-state index is 12.8. The van der Waals surface area contributed by atoms with Crippen molar-refractivity contribution in [1.29, 1.82) is 0 Å². The highest BCUT2D eigenvalue weighted by molar-refractivity contribution is 5.97. The lowest BCUT2D eigenvalue weighted by Crippen LogP contribution is -2.47. The molecule has 1 aliphatic heterocycles. The minimum atomic E-state index is -0.456. The van der Waals surface area contributed by atoms with E-state index in [1.54, 1.807) is 23.1 Å². The van der Waals surface area contributed by atoms with Crippen molar-refractivity contribution in [2.24, 2.45) is 0 Å². The van der Waals surface area contributed by atoms with Crippen LogP contribution in [0.4, 0.5) is 0 Å². The first-order valence-corrected chi connectivity index (χ1v) is 9.81. The number of carbonyl (C=O) groups is 1. The number of aromatic amines is 1. The number of rotatable bonds is 4. The Morgan fingerprint density at radius 3 is 2.45 bits per heavy atom. The molecule has 3 aromatic rings. The highest BCUT2D eigenvalue weighted by Crippen LogP contribution is 2.13.